The standard InChI is InChI=1S/C13H18ClF2N/c1-2-10(3-4-14)8-17-9-11-5-12(15)7-13(16)6-11/h5-7,10,17H,2-4,8-9H2,1H3. The van der Waals surface area contributed by atoms with Crippen molar-refractivity contribution in [1.29, 1.82) is 0 Å². The van der Waals surface area contributed by atoms with Gasteiger partial charge in [0, 0.05) is 18.5 Å². The zero-order valence-corrected chi connectivity index (χ0v) is 10.7. The van der Waals surface area contributed by atoms with Crippen molar-refractivity contribution in [2.45, 2.75) is 26.3 Å². The van der Waals surface area contributed by atoms with E-state index in [1.54, 1.807) is 0 Å². The van der Waals surface area contributed by atoms with Crippen LogP contribution in [0, 0.1) is 17.6 Å². The summed E-state index contributed by atoms with van der Waals surface area (Å²) in [6.45, 7) is 3.41. The van der Waals surface area contributed by atoms with Crippen molar-refractivity contribution in [2.24, 2.45) is 5.92 Å². The van der Waals surface area contributed by atoms with Crippen molar-refractivity contribution < 1.29 is 8.78 Å². The summed E-state index contributed by atoms with van der Waals surface area (Å²) in [5.41, 5.74) is 0.628. The molecule has 0 spiro atoms. The molecule has 1 N–H and O–H groups in total. The van der Waals surface area contributed by atoms with Crippen LogP contribution in [0.2, 0.25) is 0 Å². The first kappa shape index (κ1) is 14.4. The predicted octanol–water partition coefficient (Wildman–Crippen LogP) is 3.71. The highest BCUT2D eigenvalue weighted by Crippen LogP contribution is 2.10. The molecule has 0 aliphatic carbocycles. The van der Waals surface area contributed by atoms with Crippen molar-refractivity contribution in [3.63, 3.8) is 0 Å². The monoisotopic (exact) mass is 261 g/mol. The number of halogens is 3. The Balaban J connectivity index is 2.39. The highest BCUT2D eigenvalue weighted by molar-refractivity contribution is 6.17. The lowest BCUT2D eigenvalue weighted by atomic mass is 10.0. The molecular formula is C13H18ClF2N. The Morgan fingerprint density at radius 1 is 1.24 bits per heavy atom. The van der Waals surface area contributed by atoms with Gasteiger partial charge in [-0.05, 0) is 36.6 Å². The van der Waals surface area contributed by atoms with Gasteiger partial charge < -0.3 is 5.32 Å². The number of nitrogens with one attached hydrogen (secondary N) is 1. The van der Waals surface area contributed by atoms with E-state index in [2.05, 4.69) is 12.2 Å². The molecule has 0 saturated heterocycles. The van der Waals surface area contributed by atoms with Crippen LogP contribution >= 0.6 is 11.6 Å². The maximum atomic E-state index is 12.9. The summed E-state index contributed by atoms with van der Waals surface area (Å²) in [7, 11) is 0. The van der Waals surface area contributed by atoms with Gasteiger partial charge in [0.2, 0.25) is 0 Å². The molecule has 96 valence electrons. The molecule has 1 aromatic rings. The van der Waals surface area contributed by atoms with Crippen molar-refractivity contribution in [3.8, 4) is 0 Å². The maximum Gasteiger partial charge on any atom is 0.126 e. The molecule has 0 radical (unpaired) electrons. The number of hydrogen-bond acceptors (Lipinski definition) is 1. The molecule has 0 aliphatic rings. The summed E-state index contributed by atoms with van der Waals surface area (Å²) in [5.74, 6) is 0.101. The molecular weight excluding hydrogens is 244 g/mol. The Morgan fingerprint density at radius 2 is 1.88 bits per heavy atom. The molecule has 0 heterocycles. The van der Waals surface area contributed by atoms with Crippen molar-refractivity contribution >= 4 is 11.6 Å². The van der Waals surface area contributed by atoms with Crippen LogP contribution in [0.3, 0.4) is 0 Å². The minimum atomic E-state index is -0.533. The molecule has 17 heavy (non-hydrogen) atoms. The molecule has 1 aromatic carbocycles. The Bertz CT molecular complexity index is 324. The van der Waals surface area contributed by atoms with Gasteiger partial charge in [0.15, 0.2) is 0 Å². The summed E-state index contributed by atoms with van der Waals surface area (Å²) in [5, 5.41) is 3.20. The highest BCUT2D eigenvalue weighted by Gasteiger charge is 2.05. The van der Waals surface area contributed by atoms with Crippen LogP contribution in [0.25, 0.3) is 0 Å². The molecule has 0 amide bonds. The zero-order chi connectivity index (χ0) is 12.7. The predicted molar refractivity (Wildman–Crippen MR) is 67.2 cm³/mol. The second-order valence-corrected chi connectivity index (χ2v) is 4.54. The second kappa shape index (κ2) is 7.62. The third-order valence-corrected chi connectivity index (χ3v) is 3.00. The topological polar surface area (TPSA) is 12.0 Å². The summed E-state index contributed by atoms with van der Waals surface area (Å²) >= 11 is 5.69. The Kier molecular flexibility index (Phi) is 6.45. The lowest BCUT2D eigenvalue weighted by molar-refractivity contribution is 0.450. The van der Waals surface area contributed by atoms with E-state index >= 15 is 0 Å². The van der Waals surface area contributed by atoms with Gasteiger partial charge in [-0.15, -0.1) is 11.6 Å². The maximum absolute atomic E-state index is 12.9. The van der Waals surface area contributed by atoms with Gasteiger partial charge in [-0.2, -0.15) is 0 Å². The largest absolute Gasteiger partial charge is 0.312 e. The Labute approximate surface area is 106 Å². The molecule has 0 fully saturated rings. The number of alkyl halides is 1. The van der Waals surface area contributed by atoms with Gasteiger partial charge in [-0.25, -0.2) is 8.78 Å². The first-order valence-corrected chi connectivity index (χ1v) is 6.40. The average molecular weight is 262 g/mol. The molecule has 0 saturated carbocycles. The molecule has 1 atom stereocenters. The normalized spacial score (nSPS) is 12.7. The highest BCUT2D eigenvalue weighted by atomic mass is 35.5. The molecule has 0 aromatic heterocycles. The SMILES string of the molecule is CCC(CCCl)CNCc1cc(F)cc(F)c1. The van der Waals surface area contributed by atoms with Gasteiger partial charge in [-0.3, -0.25) is 0 Å². The van der Waals surface area contributed by atoms with Crippen LogP contribution in [-0.2, 0) is 6.54 Å². The first-order chi connectivity index (χ1) is 8.15. The lowest BCUT2D eigenvalue weighted by Gasteiger charge is -2.14. The van der Waals surface area contributed by atoms with E-state index in [4.69, 9.17) is 11.6 Å². The van der Waals surface area contributed by atoms with Gasteiger partial charge in [0.05, 0.1) is 0 Å². The summed E-state index contributed by atoms with van der Waals surface area (Å²) in [4.78, 5) is 0. The fraction of sp³-hybridized carbons (Fsp3) is 0.538. The van der Waals surface area contributed by atoms with Crippen LogP contribution in [0.4, 0.5) is 8.78 Å². The van der Waals surface area contributed by atoms with Gasteiger partial charge in [0.25, 0.3) is 0 Å². The molecule has 1 unspecified atom stereocenters. The van der Waals surface area contributed by atoms with Crippen molar-refractivity contribution in [3.05, 3.63) is 35.4 Å². The smallest absolute Gasteiger partial charge is 0.126 e. The summed E-state index contributed by atoms with van der Waals surface area (Å²) in [6.07, 6.45) is 2.01. The second-order valence-electron chi connectivity index (χ2n) is 4.16. The van der Waals surface area contributed by atoms with E-state index in [0.717, 1.165) is 25.5 Å². The van der Waals surface area contributed by atoms with E-state index < -0.39 is 11.6 Å². The minimum absolute atomic E-state index is 0.480. The molecule has 0 aliphatic heterocycles. The van der Waals surface area contributed by atoms with E-state index in [1.165, 1.54) is 12.1 Å². The Hall–Kier alpha value is -0.670. The third kappa shape index (κ3) is 5.46. The summed E-state index contributed by atoms with van der Waals surface area (Å²) < 4.78 is 25.8. The van der Waals surface area contributed by atoms with Gasteiger partial charge in [-0.1, -0.05) is 13.3 Å². The fourth-order valence-electron chi connectivity index (χ4n) is 1.74. The van der Waals surface area contributed by atoms with E-state index in [1.807, 2.05) is 0 Å². The molecule has 4 heteroatoms. The van der Waals surface area contributed by atoms with E-state index in [9.17, 15) is 8.78 Å². The third-order valence-electron chi connectivity index (χ3n) is 2.78. The van der Waals surface area contributed by atoms with Crippen LogP contribution in [0.1, 0.15) is 25.3 Å². The average Bonchev–Trinajstić information content (AvgIpc) is 2.26. The number of benzene rings is 1. The molecule has 1 nitrogen and oxygen atoms in total. The van der Waals surface area contributed by atoms with Crippen LogP contribution in [0.5, 0.6) is 0 Å². The fourth-order valence-corrected chi connectivity index (χ4v) is 2.05. The lowest BCUT2D eigenvalue weighted by Crippen LogP contribution is -2.22. The van der Waals surface area contributed by atoms with Crippen LogP contribution < -0.4 is 5.32 Å². The van der Waals surface area contributed by atoms with E-state index in [-0.39, 0.29) is 0 Å². The van der Waals surface area contributed by atoms with Crippen LogP contribution in [0.15, 0.2) is 18.2 Å². The van der Waals surface area contributed by atoms with Crippen LogP contribution in [-0.4, -0.2) is 12.4 Å². The molecule has 0 bridgehead atoms. The number of rotatable bonds is 7. The zero-order valence-electron chi connectivity index (χ0n) is 9.98. The van der Waals surface area contributed by atoms with Gasteiger partial charge in [0.1, 0.15) is 11.6 Å². The van der Waals surface area contributed by atoms with Gasteiger partial charge >= 0.3 is 0 Å². The molecule has 1 rings (SSSR count). The Morgan fingerprint density at radius 3 is 2.41 bits per heavy atom. The minimum Gasteiger partial charge on any atom is -0.312 e. The first-order valence-electron chi connectivity index (χ1n) is 5.87. The summed E-state index contributed by atoms with van der Waals surface area (Å²) in [6, 6.07) is 3.57. The quantitative estimate of drug-likeness (QED) is 0.738. The van der Waals surface area contributed by atoms with E-state index in [0.29, 0.717) is 23.9 Å². The van der Waals surface area contributed by atoms with Crippen molar-refractivity contribution in [2.75, 3.05) is 12.4 Å². The van der Waals surface area contributed by atoms with Crippen molar-refractivity contribution in [1.82, 2.24) is 5.32 Å². The number of hydrogen-bond donors (Lipinski definition) is 1.